The van der Waals surface area contributed by atoms with Crippen LogP contribution in [0.1, 0.15) is 53.4 Å². The first-order valence-corrected chi connectivity index (χ1v) is 10.3. The fourth-order valence-corrected chi connectivity index (χ4v) is 4.72. The number of nitrogens with one attached hydrogen (secondary N) is 1. The molecule has 0 unspecified atom stereocenters. The van der Waals surface area contributed by atoms with E-state index in [0.717, 1.165) is 25.9 Å². The molecule has 0 aromatic rings. The van der Waals surface area contributed by atoms with E-state index in [1.165, 1.54) is 12.8 Å². The molecule has 0 atom stereocenters. The lowest BCUT2D eigenvalue weighted by atomic mass is 9.99. The first kappa shape index (κ1) is 18.9. The Morgan fingerprint density at radius 3 is 2.10 bits per heavy atom. The molecule has 0 aromatic heterocycles. The molecule has 21 heavy (non-hydrogen) atoms. The highest BCUT2D eigenvalue weighted by Crippen LogP contribution is 2.25. The fourth-order valence-electron chi connectivity index (χ4n) is 3.32. The van der Waals surface area contributed by atoms with Crippen molar-refractivity contribution in [1.29, 1.82) is 0 Å². The summed E-state index contributed by atoms with van der Waals surface area (Å²) in [6.07, 6.45) is 5.00. The second-order valence-corrected chi connectivity index (χ2v) is 9.42. The maximum absolute atomic E-state index is 12.1. The van der Waals surface area contributed by atoms with Gasteiger partial charge in [-0.05, 0) is 44.7 Å². The van der Waals surface area contributed by atoms with Crippen molar-refractivity contribution in [3.63, 3.8) is 0 Å². The van der Waals surface area contributed by atoms with Crippen LogP contribution in [0.3, 0.4) is 0 Å². The molecule has 5 heteroatoms. The van der Waals surface area contributed by atoms with Gasteiger partial charge in [-0.3, -0.25) is 0 Å². The van der Waals surface area contributed by atoms with Crippen LogP contribution in [0.25, 0.3) is 0 Å². The number of sulfone groups is 1. The van der Waals surface area contributed by atoms with Crippen molar-refractivity contribution in [2.24, 2.45) is 5.92 Å². The minimum Gasteiger partial charge on any atom is -0.312 e. The van der Waals surface area contributed by atoms with Gasteiger partial charge in [-0.15, -0.1) is 0 Å². The summed E-state index contributed by atoms with van der Waals surface area (Å²) < 4.78 is 23.6. The Morgan fingerprint density at radius 2 is 1.71 bits per heavy atom. The Morgan fingerprint density at radius 1 is 1.19 bits per heavy atom. The Kier molecular flexibility index (Phi) is 7.14. The third-order valence-electron chi connectivity index (χ3n) is 5.00. The lowest BCUT2D eigenvalue weighted by Crippen LogP contribution is -2.51. The van der Waals surface area contributed by atoms with Crippen LogP contribution < -0.4 is 5.32 Å². The fraction of sp³-hybridized carbons (Fsp3) is 1.00. The summed E-state index contributed by atoms with van der Waals surface area (Å²) in [5.41, 5.74) is 0. The van der Waals surface area contributed by atoms with E-state index < -0.39 is 14.6 Å². The average Bonchev–Trinajstić information content (AvgIpc) is 2.40. The number of piperidine rings is 1. The van der Waals surface area contributed by atoms with Crippen LogP contribution in [0.2, 0.25) is 0 Å². The van der Waals surface area contributed by atoms with Crippen molar-refractivity contribution >= 4 is 9.84 Å². The molecular formula is C16H34N2O2S. The SMILES string of the molecule is CCC(CC)(CNC1CCN(CC(C)C)CC1)S(C)(=O)=O. The molecule has 0 bridgehead atoms. The molecule has 1 fully saturated rings. The zero-order chi connectivity index (χ0) is 16.1. The highest BCUT2D eigenvalue weighted by molar-refractivity contribution is 7.92. The van der Waals surface area contributed by atoms with Gasteiger partial charge >= 0.3 is 0 Å². The lowest BCUT2D eigenvalue weighted by Gasteiger charge is -2.36. The van der Waals surface area contributed by atoms with Gasteiger partial charge < -0.3 is 10.2 Å². The molecule has 0 aromatic carbocycles. The summed E-state index contributed by atoms with van der Waals surface area (Å²) in [5, 5.41) is 3.54. The number of nitrogens with zero attached hydrogens (tertiary/aromatic N) is 1. The highest BCUT2D eigenvalue weighted by Gasteiger charge is 2.37. The van der Waals surface area contributed by atoms with E-state index in [0.29, 0.717) is 31.3 Å². The van der Waals surface area contributed by atoms with Gasteiger partial charge in [0.25, 0.3) is 0 Å². The summed E-state index contributed by atoms with van der Waals surface area (Å²) in [4.78, 5) is 2.52. The topological polar surface area (TPSA) is 49.4 Å². The zero-order valence-corrected chi connectivity index (χ0v) is 15.3. The van der Waals surface area contributed by atoms with Gasteiger partial charge in [0.15, 0.2) is 9.84 Å². The van der Waals surface area contributed by atoms with Crippen LogP contribution in [0.15, 0.2) is 0 Å². The molecule has 126 valence electrons. The minimum absolute atomic E-state index is 0.465. The molecule has 4 nitrogen and oxygen atoms in total. The molecule has 1 aliphatic heterocycles. The van der Waals surface area contributed by atoms with Gasteiger partial charge in [0.1, 0.15) is 0 Å². The summed E-state index contributed by atoms with van der Waals surface area (Å²) in [6.45, 7) is 12.5. The Bertz CT molecular complexity index is 395. The first-order valence-electron chi connectivity index (χ1n) is 8.39. The number of likely N-dealkylation sites (tertiary alicyclic amines) is 1. The third-order valence-corrected chi connectivity index (χ3v) is 7.29. The van der Waals surface area contributed by atoms with Crippen LogP contribution in [-0.2, 0) is 9.84 Å². The molecule has 0 aliphatic carbocycles. The van der Waals surface area contributed by atoms with E-state index in [-0.39, 0.29) is 0 Å². The smallest absolute Gasteiger partial charge is 0.154 e. The standard InChI is InChI=1S/C16H34N2O2S/c1-6-16(7-2,21(5,19)20)13-17-15-8-10-18(11-9-15)12-14(3)4/h14-15,17H,6-13H2,1-5H3. The Labute approximate surface area is 131 Å². The number of hydrogen-bond donors (Lipinski definition) is 1. The number of rotatable bonds is 8. The van der Waals surface area contributed by atoms with Gasteiger partial charge in [-0.25, -0.2) is 8.42 Å². The van der Waals surface area contributed by atoms with E-state index in [1.807, 2.05) is 13.8 Å². The second-order valence-electron chi connectivity index (χ2n) is 7.01. The van der Waals surface area contributed by atoms with E-state index in [2.05, 4.69) is 24.1 Å². The van der Waals surface area contributed by atoms with Crippen molar-refractivity contribution in [1.82, 2.24) is 10.2 Å². The van der Waals surface area contributed by atoms with E-state index in [1.54, 1.807) is 0 Å². The van der Waals surface area contributed by atoms with Gasteiger partial charge in [0, 0.05) is 25.4 Å². The molecule has 1 rings (SSSR count). The molecule has 0 radical (unpaired) electrons. The van der Waals surface area contributed by atoms with Crippen LogP contribution in [0, 0.1) is 5.92 Å². The summed E-state index contributed by atoms with van der Waals surface area (Å²) >= 11 is 0. The quantitative estimate of drug-likeness (QED) is 0.746. The summed E-state index contributed by atoms with van der Waals surface area (Å²) in [7, 11) is -3.03. The molecule has 1 heterocycles. The molecule has 0 spiro atoms. The molecule has 0 saturated carbocycles. The van der Waals surface area contributed by atoms with Crippen molar-refractivity contribution in [3.8, 4) is 0 Å². The minimum atomic E-state index is -3.03. The maximum atomic E-state index is 12.1. The predicted octanol–water partition coefficient (Wildman–Crippen LogP) is 2.30. The van der Waals surface area contributed by atoms with Gasteiger partial charge in [-0.2, -0.15) is 0 Å². The van der Waals surface area contributed by atoms with Crippen molar-refractivity contribution in [2.75, 3.05) is 32.4 Å². The van der Waals surface area contributed by atoms with Gasteiger partial charge in [-0.1, -0.05) is 27.7 Å². The predicted molar refractivity (Wildman–Crippen MR) is 90.5 cm³/mol. The Hall–Kier alpha value is -0.130. The third kappa shape index (κ3) is 5.22. The maximum Gasteiger partial charge on any atom is 0.154 e. The highest BCUT2D eigenvalue weighted by atomic mass is 32.2. The molecule has 0 amide bonds. The lowest BCUT2D eigenvalue weighted by molar-refractivity contribution is 0.178. The Balaban J connectivity index is 2.49. The monoisotopic (exact) mass is 318 g/mol. The molecule has 1 saturated heterocycles. The molecule has 1 N–H and O–H groups in total. The summed E-state index contributed by atoms with van der Waals surface area (Å²) in [5.74, 6) is 0.715. The summed E-state index contributed by atoms with van der Waals surface area (Å²) in [6, 6.07) is 0.465. The largest absolute Gasteiger partial charge is 0.312 e. The average molecular weight is 319 g/mol. The first-order chi connectivity index (χ1) is 9.74. The van der Waals surface area contributed by atoms with Crippen LogP contribution in [-0.4, -0.2) is 56.5 Å². The van der Waals surface area contributed by atoms with E-state index in [4.69, 9.17) is 0 Å². The van der Waals surface area contributed by atoms with Crippen molar-refractivity contribution in [2.45, 2.75) is 64.2 Å². The van der Waals surface area contributed by atoms with Crippen molar-refractivity contribution < 1.29 is 8.42 Å². The second kappa shape index (κ2) is 7.93. The van der Waals surface area contributed by atoms with Gasteiger partial charge in [0.05, 0.1) is 4.75 Å². The van der Waals surface area contributed by atoms with Crippen LogP contribution >= 0.6 is 0 Å². The van der Waals surface area contributed by atoms with E-state index in [9.17, 15) is 8.42 Å². The van der Waals surface area contributed by atoms with Crippen LogP contribution in [0.5, 0.6) is 0 Å². The van der Waals surface area contributed by atoms with Crippen molar-refractivity contribution in [3.05, 3.63) is 0 Å². The normalized spacial score (nSPS) is 19.3. The number of hydrogen-bond acceptors (Lipinski definition) is 4. The zero-order valence-electron chi connectivity index (χ0n) is 14.5. The molecular weight excluding hydrogens is 284 g/mol. The van der Waals surface area contributed by atoms with Gasteiger partial charge in [0.2, 0.25) is 0 Å². The molecule has 1 aliphatic rings. The van der Waals surface area contributed by atoms with E-state index >= 15 is 0 Å². The van der Waals surface area contributed by atoms with Crippen LogP contribution in [0.4, 0.5) is 0 Å².